The van der Waals surface area contributed by atoms with E-state index in [1.54, 1.807) is 18.2 Å². The second-order valence-corrected chi connectivity index (χ2v) is 2.06. The van der Waals surface area contributed by atoms with Gasteiger partial charge in [0.15, 0.2) is 0 Å². The fourth-order valence-corrected chi connectivity index (χ4v) is 0.764. The van der Waals surface area contributed by atoms with Gasteiger partial charge in [-0.05, 0) is 23.6 Å². The summed E-state index contributed by atoms with van der Waals surface area (Å²) in [4.78, 5) is 0. The first-order valence-electron chi connectivity index (χ1n) is 3.14. The molecule has 3 heteroatoms. The lowest BCUT2D eigenvalue weighted by atomic mass is 10.2. The Hall–Kier alpha value is -1.51. The zero-order chi connectivity index (χ0) is 8.27. The highest BCUT2D eigenvalue weighted by Crippen LogP contribution is 2.11. The quantitative estimate of drug-likeness (QED) is 0.489. The average molecular weight is 150 g/mol. The maximum atomic E-state index is 10.5. The molecule has 0 atom stereocenters. The number of rotatable bonds is 2. The second-order valence-electron chi connectivity index (χ2n) is 2.06. The Morgan fingerprint density at radius 1 is 1.55 bits per heavy atom. The first kappa shape index (κ1) is 7.60. The molecule has 0 amide bonds. The van der Waals surface area contributed by atoms with Crippen LogP contribution in [-0.4, -0.2) is 13.0 Å². The molecular formula is C8H8NO2-. The van der Waals surface area contributed by atoms with Crippen molar-refractivity contribution in [3.05, 3.63) is 29.8 Å². The largest absolute Gasteiger partial charge is 0.859 e. The Labute approximate surface area is 64.8 Å². The van der Waals surface area contributed by atoms with Crippen molar-refractivity contribution in [1.29, 1.82) is 5.41 Å². The van der Waals surface area contributed by atoms with E-state index in [0.29, 0.717) is 11.3 Å². The molecule has 0 unspecified atom stereocenters. The molecule has 0 fully saturated rings. The Balaban J connectivity index is 3.01. The Bertz CT molecular complexity index is 271. The van der Waals surface area contributed by atoms with Crippen molar-refractivity contribution in [3.63, 3.8) is 0 Å². The molecule has 0 aliphatic carbocycles. The van der Waals surface area contributed by atoms with Gasteiger partial charge in [-0.1, -0.05) is 12.1 Å². The summed E-state index contributed by atoms with van der Waals surface area (Å²) in [5.74, 6) is -0.0907. The van der Waals surface area contributed by atoms with Crippen LogP contribution >= 0.6 is 0 Å². The van der Waals surface area contributed by atoms with Crippen molar-refractivity contribution in [2.24, 2.45) is 0 Å². The van der Waals surface area contributed by atoms with E-state index in [1.807, 2.05) is 0 Å². The molecule has 1 N–H and O–H groups in total. The summed E-state index contributed by atoms with van der Waals surface area (Å²) in [6.07, 6.45) is 0. The third kappa shape index (κ3) is 1.70. The highest BCUT2D eigenvalue weighted by Gasteiger charge is 1.92. The van der Waals surface area contributed by atoms with Crippen LogP contribution in [0.1, 0.15) is 5.56 Å². The molecule has 0 aromatic heterocycles. The molecular weight excluding hydrogens is 142 g/mol. The summed E-state index contributed by atoms with van der Waals surface area (Å²) in [5.41, 5.74) is 0.351. The van der Waals surface area contributed by atoms with Crippen molar-refractivity contribution in [2.75, 3.05) is 7.11 Å². The molecule has 1 aromatic carbocycles. The van der Waals surface area contributed by atoms with Crippen LogP contribution in [0, 0.1) is 5.41 Å². The smallest absolute Gasteiger partial charge is 0.119 e. The summed E-state index contributed by atoms with van der Waals surface area (Å²) in [7, 11) is 1.52. The second kappa shape index (κ2) is 3.05. The maximum absolute atomic E-state index is 10.5. The molecule has 58 valence electrons. The Morgan fingerprint density at radius 2 is 2.27 bits per heavy atom. The van der Waals surface area contributed by atoms with Gasteiger partial charge in [-0.25, -0.2) is 0 Å². The van der Waals surface area contributed by atoms with Crippen LogP contribution in [0.5, 0.6) is 5.75 Å². The minimum Gasteiger partial charge on any atom is -0.859 e. The fourth-order valence-electron chi connectivity index (χ4n) is 0.764. The van der Waals surface area contributed by atoms with Crippen LogP contribution < -0.4 is 9.84 Å². The third-order valence-electron chi connectivity index (χ3n) is 1.33. The van der Waals surface area contributed by atoms with Gasteiger partial charge < -0.3 is 15.3 Å². The Kier molecular flexibility index (Phi) is 2.11. The van der Waals surface area contributed by atoms with Gasteiger partial charge in [0.05, 0.1) is 7.11 Å². The SMILES string of the molecule is COc1cccc(C(=N)[O-])c1. The van der Waals surface area contributed by atoms with Crippen molar-refractivity contribution in [2.45, 2.75) is 0 Å². The van der Waals surface area contributed by atoms with Gasteiger partial charge in [0.1, 0.15) is 5.75 Å². The first-order valence-corrected chi connectivity index (χ1v) is 3.14. The molecule has 11 heavy (non-hydrogen) atoms. The summed E-state index contributed by atoms with van der Waals surface area (Å²) in [6.45, 7) is 0. The number of ether oxygens (including phenoxy) is 1. The fraction of sp³-hybridized carbons (Fsp3) is 0.125. The van der Waals surface area contributed by atoms with Crippen LogP contribution in [-0.2, 0) is 0 Å². The minimum absolute atomic E-state index is 0.351. The molecule has 0 aliphatic rings. The summed E-state index contributed by atoms with van der Waals surface area (Å²) < 4.78 is 4.87. The molecule has 1 rings (SSSR count). The third-order valence-corrected chi connectivity index (χ3v) is 1.33. The van der Waals surface area contributed by atoms with Crippen molar-refractivity contribution < 1.29 is 9.84 Å². The summed E-state index contributed by atoms with van der Waals surface area (Å²) in [5, 5.41) is 17.3. The standard InChI is InChI=1S/C8H9NO2/c1-11-7-4-2-3-6(5-7)8(9)10/h2-5H,1H3,(H2,9,10)/p-1. The van der Waals surface area contributed by atoms with Crippen LogP contribution in [0.4, 0.5) is 0 Å². The van der Waals surface area contributed by atoms with Crippen molar-refractivity contribution >= 4 is 5.90 Å². The molecule has 0 saturated heterocycles. The summed E-state index contributed by atoms with van der Waals surface area (Å²) >= 11 is 0. The minimum atomic E-state index is -0.691. The number of benzene rings is 1. The predicted octanol–water partition coefficient (Wildman–Crippen LogP) is 0.381. The van der Waals surface area contributed by atoms with Gasteiger partial charge in [-0.15, -0.1) is 0 Å². The highest BCUT2D eigenvalue weighted by molar-refractivity contribution is 5.88. The Morgan fingerprint density at radius 3 is 2.82 bits per heavy atom. The molecule has 3 nitrogen and oxygen atoms in total. The van der Waals surface area contributed by atoms with E-state index in [1.165, 1.54) is 13.2 Å². The maximum Gasteiger partial charge on any atom is 0.119 e. The van der Waals surface area contributed by atoms with E-state index in [9.17, 15) is 5.11 Å². The van der Waals surface area contributed by atoms with Crippen LogP contribution in [0.15, 0.2) is 24.3 Å². The van der Waals surface area contributed by atoms with Crippen molar-refractivity contribution in [3.8, 4) is 5.75 Å². The van der Waals surface area contributed by atoms with Crippen LogP contribution in [0.2, 0.25) is 0 Å². The lowest BCUT2D eigenvalue weighted by molar-refractivity contribution is -0.214. The number of hydrogen-bond acceptors (Lipinski definition) is 3. The van der Waals surface area contributed by atoms with Gasteiger partial charge in [-0.3, -0.25) is 0 Å². The van der Waals surface area contributed by atoms with Gasteiger partial charge in [0.2, 0.25) is 0 Å². The van der Waals surface area contributed by atoms with Crippen molar-refractivity contribution in [1.82, 2.24) is 0 Å². The van der Waals surface area contributed by atoms with E-state index in [-0.39, 0.29) is 0 Å². The van der Waals surface area contributed by atoms with E-state index in [4.69, 9.17) is 10.1 Å². The molecule has 0 saturated carbocycles. The predicted molar refractivity (Wildman–Crippen MR) is 39.8 cm³/mol. The van der Waals surface area contributed by atoms with E-state index in [2.05, 4.69) is 0 Å². The van der Waals surface area contributed by atoms with E-state index >= 15 is 0 Å². The molecule has 0 aliphatic heterocycles. The zero-order valence-electron chi connectivity index (χ0n) is 6.13. The van der Waals surface area contributed by atoms with Crippen LogP contribution in [0.25, 0.3) is 0 Å². The normalized spacial score (nSPS) is 9.18. The lowest BCUT2D eigenvalue weighted by Gasteiger charge is -2.07. The van der Waals surface area contributed by atoms with Gasteiger partial charge >= 0.3 is 0 Å². The van der Waals surface area contributed by atoms with E-state index in [0.717, 1.165) is 0 Å². The van der Waals surface area contributed by atoms with Gasteiger partial charge in [0.25, 0.3) is 0 Å². The topological polar surface area (TPSA) is 56.1 Å². The number of nitrogens with one attached hydrogen (secondary N) is 1. The average Bonchev–Trinajstić information content (AvgIpc) is 2.05. The number of methoxy groups -OCH3 is 1. The molecule has 0 bridgehead atoms. The molecule has 1 aromatic rings. The van der Waals surface area contributed by atoms with E-state index < -0.39 is 5.90 Å². The molecule has 0 spiro atoms. The first-order chi connectivity index (χ1) is 5.24. The van der Waals surface area contributed by atoms with Crippen LogP contribution in [0.3, 0.4) is 0 Å². The molecule has 0 radical (unpaired) electrons. The highest BCUT2D eigenvalue weighted by atomic mass is 16.5. The zero-order valence-corrected chi connectivity index (χ0v) is 6.13. The summed E-state index contributed by atoms with van der Waals surface area (Å²) in [6, 6.07) is 6.53. The molecule has 0 heterocycles. The monoisotopic (exact) mass is 150 g/mol. The number of hydrogen-bond donors (Lipinski definition) is 1. The van der Waals surface area contributed by atoms with Gasteiger partial charge in [0, 0.05) is 0 Å². The van der Waals surface area contributed by atoms with Gasteiger partial charge in [-0.2, -0.15) is 0 Å². The lowest BCUT2D eigenvalue weighted by Crippen LogP contribution is -2.16.